The number of halogens is 1. The van der Waals surface area contributed by atoms with Crippen molar-refractivity contribution in [1.29, 1.82) is 0 Å². The number of carbonyl (C=O) groups is 2. The summed E-state index contributed by atoms with van der Waals surface area (Å²) in [5, 5.41) is 2.75. The van der Waals surface area contributed by atoms with Crippen LogP contribution in [0.15, 0.2) is 48.5 Å². The molecule has 2 aromatic carbocycles. The summed E-state index contributed by atoms with van der Waals surface area (Å²) in [6.45, 7) is 3.08. The van der Waals surface area contributed by atoms with Gasteiger partial charge in [-0.25, -0.2) is 4.39 Å². The number of amides is 2. The number of carbonyl (C=O) groups excluding carboxylic acids is 2. The molecule has 1 aliphatic heterocycles. The van der Waals surface area contributed by atoms with Gasteiger partial charge in [0.15, 0.2) is 0 Å². The number of anilines is 1. The Balaban J connectivity index is 1.53. The van der Waals surface area contributed by atoms with E-state index in [1.165, 1.54) is 35.4 Å². The Morgan fingerprint density at radius 2 is 1.84 bits per heavy atom. The summed E-state index contributed by atoms with van der Waals surface area (Å²) in [6.07, 6.45) is 0.999. The van der Waals surface area contributed by atoms with Crippen molar-refractivity contribution in [3.05, 3.63) is 65.5 Å². The highest BCUT2D eigenvalue weighted by atomic mass is 19.1. The van der Waals surface area contributed by atoms with Crippen molar-refractivity contribution in [3.8, 4) is 0 Å². The SMILES string of the molecule is Cc1ccc(CCN2CC(C(=O)Nc3ccc(F)cc3)CC2=O)cc1. The second-order valence-corrected chi connectivity index (χ2v) is 6.47. The van der Waals surface area contributed by atoms with Crippen molar-refractivity contribution < 1.29 is 14.0 Å². The van der Waals surface area contributed by atoms with Crippen LogP contribution >= 0.6 is 0 Å². The maximum Gasteiger partial charge on any atom is 0.229 e. The summed E-state index contributed by atoms with van der Waals surface area (Å²) >= 11 is 0. The smallest absolute Gasteiger partial charge is 0.229 e. The minimum atomic E-state index is -0.365. The molecule has 2 aromatic rings. The molecule has 0 spiro atoms. The molecule has 3 rings (SSSR count). The fraction of sp³-hybridized carbons (Fsp3) is 0.300. The first-order chi connectivity index (χ1) is 12.0. The monoisotopic (exact) mass is 340 g/mol. The van der Waals surface area contributed by atoms with Crippen LogP contribution < -0.4 is 5.32 Å². The summed E-state index contributed by atoms with van der Waals surface area (Å²) < 4.78 is 12.9. The van der Waals surface area contributed by atoms with Gasteiger partial charge in [0.1, 0.15) is 5.82 Å². The topological polar surface area (TPSA) is 49.4 Å². The van der Waals surface area contributed by atoms with Crippen LogP contribution in [0.25, 0.3) is 0 Å². The van der Waals surface area contributed by atoms with E-state index in [0.717, 1.165) is 6.42 Å². The highest BCUT2D eigenvalue weighted by molar-refractivity contribution is 5.97. The molecule has 0 aromatic heterocycles. The largest absolute Gasteiger partial charge is 0.342 e. The molecule has 4 nitrogen and oxygen atoms in total. The molecule has 1 aliphatic rings. The zero-order valence-electron chi connectivity index (χ0n) is 14.2. The fourth-order valence-corrected chi connectivity index (χ4v) is 2.96. The Kier molecular flexibility index (Phi) is 5.12. The maximum absolute atomic E-state index is 12.9. The molecule has 1 fully saturated rings. The first-order valence-electron chi connectivity index (χ1n) is 8.41. The molecular weight excluding hydrogens is 319 g/mol. The van der Waals surface area contributed by atoms with Gasteiger partial charge in [0.05, 0.1) is 5.92 Å². The molecule has 5 heteroatoms. The van der Waals surface area contributed by atoms with E-state index in [1.54, 1.807) is 4.90 Å². The standard InChI is InChI=1S/C20H21FN2O2/c1-14-2-4-15(5-3-14)10-11-23-13-16(12-19(23)24)20(25)22-18-8-6-17(21)7-9-18/h2-9,16H,10-13H2,1H3,(H,22,25). The van der Waals surface area contributed by atoms with Gasteiger partial charge in [-0.2, -0.15) is 0 Å². The van der Waals surface area contributed by atoms with E-state index in [2.05, 4.69) is 29.6 Å². The molecule has 0 radical (unpaired) electrons. The number of nitrogens with zero attached hydrogens (tertiary/aromatic N) is 1. The Labute approximate surface area is 146 Å². The molecule has 1 atom stereocenters. The number of aryl methyl sites for hydroxylation is 1. The Hall–Kier alpha value is -2.69. The van der Waals surface area contributed by atoms with Crippen molar-refractivity contribution in [1.82, 2.24) is 4.90 Å². The molecule has 25 heavy (non-hydrogen) atoms. The molecule has 0 bridgehead atoms. The Bertz CT molecular complexity index is 756. The third-order valence-corrected chi connectivity index (χ3v) is 4.49. The molecule has 2 amide bonds. The van der Waals surface area contributed by atoms with Gasteiger partial charge < -0.3 is 10.2 Å². The van der Waals surface area contributed by atoms with Gasteiger partial charge in [0.2, 0.25) is 11.8 Å². The quantitative estimate of drug-likeness (QED) is 0.909. The summed E-state index contributed by atoms with van der Waals surface area (Å²) in [5.41, 5.74) is 2.92. The first kappa shape index (κ1) is 17.1. The first-order valence-corrected chi connectivity index (χ1v) is 8.41. The van der Waals surface area contributed by atoms with Crippen LogP contribution in [0.1, 0.15) is 17.5 Å². The van der Waals surface area contributed by atoms with E-state index in [-0.39, 0.29) is 30.0 Å². The molecule has 1 heterocycles. The molecule has 0 saturated carbocycles. The number of nitrogens with one attached hydrogen (secondary N) is 1. The highest BCUT2D eigenvalue weighted by Gasteiger charge is 2.33. The molecule has 1 N–H and O–H groups in total. The third-order valence-electron chi connectivity index (χ3n) is 4.49. The van der Waals surface area contributed by atoms with Crippen molar-refractivity contribution in [2.45, 2.75) is 19.8 Å². The fourth-order valence-electron chi connectivity index (χ4n) is 2.96. The van der Waals surface area contributed by atoms with Crippen molar-refractivity contribution >= 4 is 17.5 Å². The molecule has 130 valence electrons. The minimum absolute atomic E-state index is 0.00590. The maximum atomic E-state index is 12.9. The summed E-state index contributed by atoms with van der Waals surface area (Å²) in [7, 11) is 0. The van der Waals surface area contributed by atoms with E-state index >= 15 is 0 Å². The van der Waals surface area contributed by atoms with Crippen LogP contribution in [0, 0.1) is 18.7 Å². The van der Waals surface area contributed by atoms with Gasteiger partial charge in [0.25, 0.3) is 0 Å². The average molecular weight is 340 g/mol. The Morgan fingerprint density at radius 3 is 2.52 bits per heavy atom. The lowest BCUT2D eigenvalue weighted by molar-refractivity contribution is -0.128. The third kappa shape index (κ3) is 4.44. The second kappa shape index (κ2) is 7.47. The van der Waals surface area contributed by atoms with Gasteiger partial charge in [0, 0.05) is 25.2 Å². The summed E-state index contributed by atoms with van der Waals surface area (Å²) in [5.74, 6) is -0.906. The average Bonchev–Trinajstić information content (AvgIpc) is 2.97. The van der Waals surface area contributed by atoms with Crippen LogP contribution in [-0.2, 0) is 16.0 Å². The summed E-state index contributed by atoms with van der Waals surface area (Å²) in [6, 6.07) is 13.9. The van der Waals surface area contributed by atoms with Crippen molar-refractivity contribution in [3.63, 3.8) is 0 Å². The molecular formula is C20H21FN2O2. The van der Waals surface area contributed by atoms with E-state index in [4.69, 9.17) is 0 Å². The van der Waals surface area contributed by atoms with Gasteiger partial charge in [-0.1, -0.05) is 29.8 Å². The molecule has 1 unspecified atom stereocenters. The molecule has 0 aliphatic carbocycles. The lowest BCUT2D eigenvalue weighted by Crippen LogP contribution is -2.30. The van der Waals surface area contributed by atoms with Crippen LogP contribution in [0.4, 0.5) is 10.1 Å². The zero-order chi connectivity index (χ0) is 17.8. The second-order valence-electron chi connectivity index (χ2n) is 6.47. The normalized spacial score (nSPS) is 17.0. The predicted molar refractivity (Wildman–Crippen MR) is 94.6 cm³/mol. The van der Waals surface area contributed by atoms with Crippen LogP contribution in [0.2, 0.25) is 0 Å². The van der Waals surface area contributed by atoms with Crippen LogP contribution in [0.3, 0.4) is 0 Å². The van der Waals surface area contributed by atoms with Gasteiger partial charge in [-0.05, 0) is 43.2 Å². The summed E-state index contributed by atoms with van der Waals surface area (Å²) in [4.78, 5) is 26.2. The highest BCUT2D eigenvalue weighted by Crippen LogP contribution is 2.20. The molecule has 1 saturated heterocycles. The minimum Gasteiger partial charge on any atom is -0.342 e. The van der Waals surface area contributed by atoms with Crippen molar-refractivity contribution in [2.75, 3.05) is 18.4 Å². The number of hydrogen-bond acceptors (Lipinski definition) is 2. The van der Waals surface area contributed by atoms with Gasteiger partial charge >= 0.3 is 0 Å². The van der Waals surface area contributed by atoms with Gasteiger partial charge in [-0.15, -0.1) is 0 Å². The van der Waals surface area contributed by atoms with Crippen LogP contribution in [0.5, 0.6) is 0 Å². The van der Waals surface area contributed by atoms with Crippen molar-refractivity contribution in [2.24, 2.45) is 5.92 Å². The number of likely N-dealkylation sites (tertiary alicyclic amines) is 1. The van der Waals surface area contributed by atoms with E-state index in [9.17, 15) is 14.0 Å². The van der Waals surface area contributed by atoms with E-state index in [1.807, 2.05) is 6.92 Å². The zero-order valence-corrected chi connectivity index (χ0v) is 14.2. The lowest BCUT2D eigenvalue weighted by Gasteiger charge is -2.16. The van der Waals surface area contributed by atoms with Gasteiger partial charge in [-0.3, -0.25) is 9.59 Å². The van der Waals surface area contributed by atoms with Crippen LogP contribution in [-0.4, -0.2) is 29.8 Å². The number of rotatable bonds is 5. The van der Waals surface area contributed by atoms with E-state index < -0.39 is 0 Å². The lowest BCUT2D eigenvalue weighted by atomic mass is 10.1. The number of hydrogen-bond donors (Lipinski definition) is 1. The van der Waals surface area contributed by atoms with E-state index in [0.29, 0.717) is 18.8 Å². The Morgan fingerprint density at radius 1 is 1.16 bits per heavy atom. The predicted octanol–water partition coefficient (Wildman–Crippen LogP) is 3.16. The number of benzene rings is 2.